The number of anilines is 1. The van der Waals surface area contributed by atoms with Crippen LogP contribution in [0.4, 0.5) is 5.69 Å². The van der Waals surface area contributed by atoms with Gasteiger partial charge < -0.3 is 14.4 Å². The molecule has 2 unspecified atom stereocenters. The van der Waals surface area contributed by atoms with Gasteiger partial charge in [-0.05, 0) is 28.1 Å². The lowest BCUT2D eigenvalue weighted by Crippen LogP contribution is -2.27. The van der Waals surface area contributed by atoms with E-state index in [0.717, 1.165) is 34.3 Å². The van der Waals surface area contributed by atoms with Crippen LogP contribution < -0.4 is 4.90 Å². The summed E-state index contributed by atoms with van der Waals surface area (Å²) >= 11 is 3.43. The Morgan fingerprint density at radius 1 is 1.20 bits per heavy atom. The highest BCUT2D eigenvalue weighted by Crippen LogP contribution is 2.29. The number of pyridine rings is 2. The van der Waals surface area contributed by atoms with Gasteiger partial charge in [0.2, 0.25) is 0 Å². The van der Waals surface area contributed by atoms with Gasteiger partial charge in [-0.3, -0.25) is 9.97 Å². The van der Waals surface area contributed by atoms with Crippen molar-refractivity contribution in [3.63, 3.8) is 0 Å². The molecule has 2 aromatic heterocycles. The molecule has 3 heterocycles. The number of nitrogens with zero attached hydrogens (tertiary/aromatic N) is 3. The number of rotatable bonds is 3. The van der Waals surface area contributed by atoms with Crippen LogP contribution in [-0.2, 0) is 9.47 Å². The molecule has 0 N–H and O–H groups in total. The van der Waals surface area contributed by atoms with Crippen molar-refractivity contribution in [2.45, 2.75) is 12.2 Å². The van der Waals surface area contributed by atoms with E-state index in [1.807, 2.05) is 18.3 Å². The Labute approximate surface area is 126 Å². The van der Waals surface area contributed by atoms with E-state index < -0.39 is 0 Å². The number of methoxy groups -OCH3 is 2. The minimum absolute atomic E-state index is 0.0821. The smallest absolute Gasteiger partial charge is 0.112 e. The van der Waals surface area contributed by atoms with E-state index in [9.17, 15) is 0 Å². The second kappa shape index (κ2) is 5.63. The van der Waals surface area contributed by atoms with Crippen LogP contribution in [0.3, 0.4) is 0 Å². The molecule has 0 spiro atoms. The molecule has 1 aliphatic heterocycles. The maximum atomic E-state index is 5.49. The van der Waals surface area contributed by atoms with Crippen molar-refractivity contribution in [2.24, 2.45) is 0 Å². The average molecular weight is 338 g/mol. The molecular weight excluding hydrogens is 322 g/mol. The molecule has 2 atom stereocenters. The third kappa shape index (κ3) is 2.39. The van der Waals surface area contributed by atoms with Crippen molar-refractivity contribution in [2.75, 3.05) is 32.2 Å². The van der Waals surface area contributed by atoms with Gasteiger partial charge in [0.1, 0.15) is 17.7 Å². The second-order valence-corrected chi connectivity index (χ2v) is 5.72. The molecule has 0 aromatic carbocycles. The molecule has 0 bridgehead atoms. The Hall–Kier alpha value is -1.24. The van der Waals surface area contributed by atoms with Crippen LogP contribution in [0.1, 0.15) is 0 Å². The molecule has 1 aliphatic rings. The molecular formula is C14H16BrN3O2. The summed E-state index contributed by atoms with van der Waals surface area (Å²) < 4.78 is 11.9. The Bertz CT molecular complexity index is 610. The normalized spacial score (nSPS) is 22.6. The monoisotopic (exact) mass is 337 g/mol. The Kier molecular flexibility index (Phi) is 3.87. The highest BCUT2D eigenvalue weighted by atomic mass is 79.9. The van der Waals surface area contributed by atoms with Crippen LogP contribution in [0.15, 0.2) is 29.0 Å². The van der Waals surface area contributed by atoms with Crippen molar-refractivity contribution in [3.05, 3.63) is 29.0 Å². The highest BCUT2D eigenvalue weighted by molar-refractivity contribution is 9.10. The number of halogens is 1. The van der Waals surface area contributed by atoms with Gasteiger partial charge in [-0.25, -0.2) is 0 Å². The van der Waals surface area contributed by atoms with Crippen LogP contribution >= 0.6 is 15.9 Å². The molecule has 2 aromatic rings. The lowest BCUT2D eigenvalue weighted by Gasteiger charge is -2.19. The summed E-state index contributed by atoms with van der Waals surface area (Å²) in [6.07, 6.45) is 3.77. The van der Waals surface area contributed by atoms with Crippen molar-refractivity contribution in [3.8, 4) is 0 Å². The molecule has 3 rings (SSSR count). The molecule has 1 saturated heterocycles. The van der Waals surface area contributed by atoms with Gasteiger partial charge in [0, 0.05) is 44.2 Å². The minimum Gasteiger partial charge on any atom is -0.377 e. The van der Waals surface area contributed by atoms with E-state index in [-0.39, 0.29) is 12.2 Å². The SMILES string of the molecule is COC1CN(c2ccnc3cc(Br)cnc23)CC1OC. The Morgan fingerprint density at radius 2 is 1.90 bits per heavy atom. The summed E-state index contributed by atoms with van der Waals surface area (Å²) in [6.45, 7) is 1.59. The van der Waals surface area contributed by atoms with Gasteiger partial charge in [0.15, 0.2) is 0 Å². The molecule has 0 saturated carbocycles. The molecule has 20 heavy (non-hydrogen) atoms. The maximum Gasteiger partial charge on any atom is 0.112 e. The van der Waals surface area contributed by atoms with E-state index in [2.05, 4.69) is 30.8 Å². The van der Waals surface area contributed by atoms with Crippen LogP contribution in [0.25, 0.3) is 11.0 Å². The van der Waals surface area contributed by atoms with Crippen molar-refractivity contribution >= 4 is 32.7 Å². The zero-order valence-corrected chi connectivity index (χ0v) is 13.0. The first-order valence-corrected chi connectivity index (χ1v) is 7.23. The van der Waals surface area contributed by atoms with Crippen LogP contribution in [-0.4, -0.2) is 49.5 Å². The predicted molar refractivity (Wildman–Crippen MR) is 81.0 cm³/mol. The van der Waals surface area contributed by atoms with E-state index in [1.54, 1.807) is 20.4 Å². The number of hydrogen-bond acceptors (Lipinski definition) is 5. The summed E-state index contributed by atoms with van der Waals surface area (Å²) in [4.78, 5) is 11.1. The third-order valence-corrected chi connectivity index (χ3v) is 4.12. The number of aromatic nitrogens is 2. The Morgan fingerprint density at radius 3 is 2.55 bits per heavy atom. The molecule has 0 radical (unpaired) electrons. The van der Waals surface area contributed by atoms with Crippen molar-refractivity contribution in [1.29, 1.82) is 0 Å². The van der Waals surface area contributed by atoms with E-state index in [0.29, 0.717) is 0 Å². The standard InChI is InChI=1S/C14H16BrN3O2/c1-19-12-7-18(8-13(12)20-2)11-3-4-16-10-5-9(15)6-17-14(10)11/h3-6,12-13H,7-8H2,1-2H3. The van der Waals surface area contributed by atoms with Gasteiger partial charge in [-0.2, -0.15) is 0 Å². The zero-order chi connectivity index (χ0) is 14.1. The molecule has 5 nitrogen and oxygen atoms in total. The largest absolute Gasteiger partial charge is 0.377 e. The molecule has 106 valence electrons. The second-order valence-electron chi connectivity index (χ2n) is 4.80. The molecule has 0 amide bonds. The lowest BCUT2D eigenvalue weighted by molar-refractivity contribution is -0.00461. The third-order valence-electron chi connectivity index (χ3n) is 3.68. The fraction of sp³-hybridized carbons (Fsp3) is 0.429. The van der Waals surface area contributed by atoms with Gasteiger partial charge in [-0.15, -0.1) is 0 Å². The zero-order valence-electron chi connectivity index (χ0n) is 11.4. The highest BCUT2D eigenvalue weighted by Gasteiger charge is 2.33. The molecule has 0 aliphatic carbocycles. The first kappa shape index (κ1) is 13.7. The van der Waals surface area contributed by atoms with Gasteiger partial charge in [0.25, 0.3) is 0 Å². The van der Waals surface area contributed by atoms with Gasteiger partial charge in [-0.1, -0.05) is 0 Å². The van der Waals surface area contributed by atoms with E-state index in [1.165, 1.54) is 0 Å². The fourth-order valence-corrected chi connectivity index (χ4v) is 2.96. The van der Waals surface area contributed by atoms with Crippen molar-refractivity contribution in [1.82, 2.24) is 9.97 Å². The average Bonchev–Trinajstić information content (AvgIpc) is 2.89. The van der Waals surface area contributed by atoms with Crippen molar-refractivity contribution < 1.29 is 9.47 Å². The Balaban J connectivity index is 1.99. The quantitative estimate of drug-likeness (QED) is 0.859. The maximum absolute atomic E-state index is 5.49. The van der Waals surface area contributed by atoms with Crippen LogP contribution in [0, 0.1) is 0 Å². The molecule has 1 fully saturated rings. The van der Waals surface area contributed by atoms with Crippen LogP contribution in [0.5, 0.6) is 0 Å². The topological polar surface area (TPSA) is 47.5 Å². The summed E-state index contributed by atoms with van der Waals surface area (Å²) in [7, 11) is 3.44. The number of fused-ring (bicyclic) bond motifs is 1. The number of ether oxygens (including phenoxy) is 2. The summed E-state index contributed by atoms with van der Waals surface area (Å²) in [6, 6.07) is 3.97. The summed E-state index contributed by atoms with van der Waals surface area (Å²) in [5, 5.41) is 0. The van der Waals surface area contributed by atoms with E-state index in [4.69, 9.17) is 9.47 Å². The summed E-state index contributed by atoms with van der Waals surface area (Å²) in [5.41, 5.74) is 2.86. The van der Waals surface area contributed by atoms with Gasteiger partial charge in [0.05, 0.1) is 11.2 Å². The fourth-order valence-electron chi connectivity index (χ4n) is 2.64. The molecule has 6 heteroatoms. The number of hydrogen-bond donors (Lipinski definition) is 0. The van der Waals surface area contributed by atoms with Crippen LogP contribution in [0.2, 0.25) is 0 Å². The summed E-state index contributed by atoms with van der Waals surface area (Å²) in [5.74, 6) is 0. The lowest BCUT2D eigenvalue weighted by atomic mass is 10.2. The first-order chi connectivity index (χ1) is 9.72. The minimum atomic E-state index is 0.0821. The van der Waals surface area contributed by atoms with Gasteiger partial charge >= 0.3 is 0 Å². The predicted octanol–water partition coefficient (Wildman–Crippen LogP) is 2.24. The first-order valence-electron chi connectivity index (χ1n) is 6.43. The van der Waals surface area contributed by atoms with E-state index >= 15 is 0 Å².